The highest BCUT2D eigenvalue weighted by molar-refractivity contribution is 5.97. The van der Waals surface area contributed by atoms with Gasteiger partial charge >= 0.3 is 0 Å². The Labute approximate surface area is 125 Å². The van der Waals surface area contributed by atoms with Gasteiger partial charge in [-0.1, -0.05) is 12.1 Å². The summed E-state index contributed by atoms with van der Waals surface area (Å²) in [5, 5.41) is 0. The number of aryl methyl sites for hydroxylation is 2. The fraction of sp³-hybridized carbons (Fsp3) is 0.278. The van der Waals surface area contributed by atoms with Gasteiger partial charge in [0.1, 0.15) is 11.5 Å². The van der Waals surface area contributed by atoms with E-state index in [1.54, 1.807) is 12.1 Å². The molecule has 3 heteroatoms. The van der Waals surface area contributed by atoms with Crippen molar-refractivity contribution >= 4 is 5.78 Å². The molecule has 0 bridgehead atoms. The quantitative estimate of drug-likeness (QED) is 0.753. The van der Waals surface area contributed by atoms with E-state index in [-0.39, 0.29) is 12.4 Å². The van der Waals surface area contributed by atoms with E-state index in [9.17, 15) is 4.79 Å². The molecule has 0 aliphatic rings. The van der Waals surface area contributed by atoms with E-state index in [1.165, 1.54) is 5.56 Å². The van der Waals surface area contributed by atoms with Gasteiger partial charge in [0, 0.05) is 5.56 Å². The molecule has 0 heterocycles. The summed E-state index contributed by atoms with van der Waals surface area (Å²) in [5.74, 6) is 1.44. The van der Waals surface area contributed by atoms with E-state index < -0.39 is 0 Å². The second-order valence-electron chi connectivity index (χ2n) is 4.92. The van der Waals surface area contributed by atoms with E-state index in [0.29, 0.717) is 17.9 Å². The van der Waals surface area contributed by atoms with Gasteiger partial charge in [0.25, 0.3) is 0 Å². The lowest BCUT2D eigenvalue weighted by molar-refractivity contribution is 0.0921. The van der Waals surface area contributed by atoms with E-state index in [2.05, 4.69) is 0 Å². The van der Waals surface area contributed by atoms with Gasteiger partial charge in [0.2, 0.25) is 0 Å². The van der Waals surface area contributed by atoms with Crippen LogP contribution in [0.25, 0.3) is 0 Å². The lowest BCUT2D eigenvalue weighted by Crippen LogP contribution is -2.11. The summed E-state index contributed by atoms with van der Waals surface area (Å²) >= 11 is 0. The molecular formula is C18H20O3. The molecule has 0 aliphatic carbocycles. The van der Waals surface area contributed by atoms with Crippen LogP contribution in [0, 0.1) is 13.8 Å². The first kappa shape index (κ1) is 15.1. The molecule has 0 unspecified atom stereocenters. The SMILES string of the molecule is CCOc1ccc(OCC(=O)c2ccc(C)c(C)c2)cc1. The number of hydrogen-bond donors (Lipinski definition) is 0. The van der Waals surface area contributed by atoms with E-state index >= 15 is 0 Å². The summed E-state index contributed by atoms with van der Waals surface area (Å²) in [6.07, 6.45) is 0. The number of ether oxygens (including phenoxy) is 2. The van der Waals surface area contributed by atoms with E-state index in [1.807, 2.05) is 51.1 Å². The van der Waals surface area contributed by atoms with Crippen molar-refractivity contribution in [3.05, 3.63) is 59.2 Å². The van der Waals surface area contributed by atoms with Gasteiger partial charge in [0.15, 0.2) is 12.4 Å². The largest absolute Gasteiger partial charge is 0.494 e. The lowest BCUT2D eigenvalue weighted by Gasteiger charge is -2.08. The predicted molar refractivity (Wildman–Crippen MR) is 83.4 cm³/mol. The highest BCUT2D eigenvalue weighted by atomic mass is 16.5. The summed E-state index contributed by atoms with van der Waals surface area (Å²) in [6.45, 7) is 6.63. The maximum absolute atomic E-state index is 12.1. The zero-order chi connectivity index (χ0) is 15.2. The Morgan fingerprint density at radius 3 is 2.10 bits per heavy atom. The minimum atomic E-state index is -0.0213. The predicted octanol–water partition coefficient (Wildman–Crippen LogP) is 3.96. The number of benzene rings is 2. The topological polar surface area (TPSA) is 35.5 Å². The third-order valence-corrected chi connectivity index (χ3v) is 3.33. The molecule has 0 saturated carbocycles. The molecule has 0 fully saturated rings. The summed E-state index contributed by atoms with van der Waals surface area (Å²) in [5.41, 5.74) is 2.98. The summed E-state index contributed by atoms with van der Waals surface area (Å²) in [4.78, 5) is 12.1. The van der Waals surface area contributed by atoms with Crippen molar-refractivity contribution < 1.29 is 14.3 Å². The van der Waals surface area contributed by atoms with Gasteiger partial charge in [-0.15, -0.1) is 0 Å². The van der Waals surface area contributed by atoms with Crippen LogP contribution < -0.4 is 9.47 Å². The number of carbonyl (C=O) groups is 1. The molecule has 21 heavy (non-hydrogen) atoms. The Kier molecular flexibility index (Phi) is 4.99. The fourth-order valence-electron chi connectivity index (χ4n) is 1.95. The lowest BCUT2D eigenvalue weighted by atomic mass is 10.0. The van der Waals surface area contributed by atoms with Crippen molar-refractivity contribution in [1.82, 2.24) is 0 Å². The zero-order valence-electron chi connectivity index (χ0n) is 12.7. The first-order chi connectivity index (χ1) is 10.1. The molecule has 0 N–H and O–H groups in total. The monoisotopic (exact) mass is 284 g/mol. The second kappa shape index (κ2) is 6.93. The van der Waals surface area contributed by atoms with Crippen LogP contribution in [0.2, 0.25) is 0 Å². The summed E-state index contributed by atoms with van der Waals surface area (Å²) in [7, 11) is 0. The van der Waals surface area contributed by atoms with Crippen molar-refractivity contribution in [1.29, 1.82) is 0 Å². The molecule has 2 rings (SSSR count). The molecule has 2 aromatic rings. The number of rotatable bonds is 6. The third kappa shape index (κ3) is 4.09. The first-order valence-electron chi connectivity index (χ1n) is 7.06. The Balaban J connectivity index is 1.95. The number of hydrogen-bond acceptors (Lipinski definition) is 3. The molecule has 0 amide bonds. The van der Waals surface area contributed by atoms with Crippen molar-refractivity contribution in [2.24, 2.45) is 0 Å². The minimum Gasteiger partial charge on any atom is -0.494 e. The molecule has 0 radical (unpaired) electrons. The van der Waals surface area contributed by atoms with Crippen LogP contribution >= 0.6 is 0 Å². The average Bonchev–Trinajstić information content (AvgIpc) is 2.49. The van der Waals surface area contributed by atoms with Gasteiger partial charge < -0.3 is 9.47 Å². The number of ketones is 1. The van der Waals surface area contributed by atoms with Gasteiger partial charge in [-0.05, 0) is 62.2 Å². The maximum atomic E-state index is 12.1. The molecule has 0 aromatic heterocycles. The molecule has 0 aliphatic heterocycles. The Hall–Kier alpha value is -2.29. The number of carbonyl (C=O) groups excluding carboxylic acids is 1. The molecule has 0 atom stereocenters. The Morgan fingerprint density at radius 2 is 1.52 bits per heavy atom. The molecule has 2 aromatic carbocycles. The average molecular weight is 284 g/mol. The maximum Gasteiger partial charge on any atom is 0.200 e. The molecule has 110 valence electrons. The standard InChI is InChI=1S/C18H20O3/c1-4-20-16-7-9-17(10-8-16)21-12-18(19)15-6-5-13(2)14(3)11-15/h5-11H,4,12H2,1-3H3. The second-order valence-corrected chi connectivity index (χ2v) is 4.92. The normalized spacial score (nSPS) is 10.2. The van der Waals surface area contributed by atoms with Crippen molar-refractivity contribution in [3.8, 4) is 11.5 Å². The molecule has 0 saturated heterocycles. The van der Waals surface area contributed by atoms with Gasteiger partial charge in [-0.25, -0.2) is 0 Å². The Bertz CT molecular complexity index is 615. The van der Waals surface area contributed by atoms with Crippen LogP contribution in [0.3, 0.4) is 0 Å². The molecular weight excluding hydrogens is 264 g/mol. The highest BCUT2D eigenvalue weighted by Crippen LogP contribution is 2.18. The minimum absolute atomic E-state index is 0.0213. The van der Waals surface area contributed by atoms with Crippen LogP contribution in [0.5, 0.6) is 11.5 Å². The van der Waals surface area contributed by atoms with Crippen molar-refractivity contribution in [2.45, 2.75) is 20.8 Å². The van der Waals surface area contributed by atoms with Gasteiger partial charge in [-0.2, -0.15) is 0 Å². The van der Waals surface area contributed by atoms with Crippen LogP contribution in [0.1, 0.15) is 28.4 Å². The smallest absolute Gasteiger partial charge is 0.200 e. The summed E-state index contributed by atoms with van der Waals surface area (Å²) in [6, 6.07) is 13.0. The summed E-state index contributed by atoms with van der Waals surface area (Å²) < 4.78 is 10.9. The molecule has 3 nitrogen and oxygen atoms in total. The van der Waals surface area contributed by atoms with Gasteiger partial charge in [-0.3, -0.25) is 4.79 Å². The Morgan fingerprint density at radius 1 is 0.905 bits per heavy atom. The fourth-order valence-corrected chi connectivity index (χ4v) is 1.95. The molecule has 0 spiro atoms. The van der Waals surface area contributed by atoms with Gasteiger partial charge in [0.05, 0.1) is 6.61 Å². The highest BCUT2D eigenvalue weighted by Gasteiger charge is 2.08. The first-order valence-corrected chi connectivity index (χ1v) is 7.06. The van der Waals surface area contributed by atoms with Crippen LogP contribution in [0.4, 0.5) is 0 Å². The van der Waals surface area contributed by atoms with Crippen LogP contribution in [0.15, 0.2) is 42.5 Å². The number of Topliss-reactive ketones (excluding diaryl/α,β-unsaturated/α-hetero) is 1. The van der Waals surface area contributed by atoms with Crippen molar-refractivity contribution in [2.75, 3.05) is 13.2 Å². The van der Waals surface area contributed by atoms with Crippen LogP contribution in [-0.2, 0) is 0 Å². The van der Waals surface area contributed by atoms with E-state index in [0.717, 1.165) is 11.3 Å². The van der Waals surface area contributed by atoms with E-state index in [4.69, 9.17) is 9.47 Å². The van der Waals surface area contributed by atoms with Crippen molar-refractivity contribution in [3.63, 3.8) is 0 Å². The van der Waals surface area contributed by atoms with Crippen LogP contribution in [-0.4, -0.2) is 19.0 Å². The zero-order valence-corrected chi connectivity index (χ0v) is 12.7. The third-order valence-electron chi connectivity index (χ3n) is 3.33.